The van der Waals surface area contributed by atoms with Gasteiger partial charge in [0.1, 0.15) is 36.3 Å². The lowest BCUT2D eigenvalue weighted by atomic mass is 10.0. The maximum atomic E-state index is 14.1. The SMILES string of the molecule is CC(C)C[C@H](NC(=O)[C@H](CCC(=O)O)NC(=O)[C@@H]1CCCN1C(=O)[C@@H](N)CCC(=O)O)C(=O)N[C@@H](CCCNC(=N)N)C(=O)N[C@@H](CCC(N)=O)C(=O)N[C@@H](CCC(N)=O)C(=O)N[C@H](C(=O)O)[C@@H](C)O. The molecule has 20 N–H and O–H groups in total. The molecule has 1 saturated heterocycles. The number of likely N-dealkylation sites (tertiary alicyclic amines) is 1. The van der Waals surface area contributed by atoms with Gasteiger partial charge in [-0.05, 0) is 70.6 Å². The van der Waals surface area contributed by atoms with Crippen LogP contribution < -0.4 is 60.2 Å². The topological polar surface area (TPSA) is 501 Å². The first-order valence-electron chi connectivity index (χ1n) is 22.5. The zero-order valence-electron chi connectivity index (χ0n) is 39.3. The lowest BCUT2D eigenvalue weighted by Crippen LogP contribution is -2.60. The summed E-state index contributed by atoms with van der Waals surface area (Å²) in [6.07, 6.45) is -5.13. The third-order valence-electron chi connectivity index (χ3n) is 10.7. The zero-order chi connectivity index (χ0) is 53.4. The number of primary amides is 2. The first-order chi connectivity index (χ1) is 32.6. The molecule has 29 nitrogen and oxygen atoms in total. The van der Waals surface area contributed by atoms with Crippen molar-refractivity contribution in [1.82, 2.24) is 42.1 Å². The molecule has 1 aliphatic rings. The molecule has 0 spiro atoms. The molecule has 9 atom stereocenters. The Hall–Kier alpha value is -7.17. The number of guanidine groups is 1. The fourth-order valence-electron chi connectivity index (χ4n) is 7.07. The summed E-state index contributed by atoms with van der Waals surface area (Å²) >= 11 is 0. The number of hydrogen-bond acceptors (Lipinski definition) is 15. The summed E-state index contributed by atoms with van der Waals surface area (Å²) in [5.41, 5.74) is 21.9. The molecule has 394 valence electrons. The number of aliphatic hydroxyl groups excluding tert-OH is 1. The number of carbonyl (C=O) groups is 12. The highest BCUT2D eigenvalue weighted by molar-refractivity contribution is 5.98. The molecule has 0 saturated carbocycles. The zero-order valence-corrected chi connectivity index (χ0v) is 39.3. The van der Waals surface area contributed by atoms with Gasteiger partial charge in [-0.1, -0.05) is 13.8 Å². The van der Waals surface area contributed by atoms with Crippen molar-refractivity contribution in [3.63, 3.8) is 0 Å². The van der Waals surface area contributed by atoms with Crippen LogP contribution in [0.4, 0.5) is 0 Å². The number of nitrogens with zero attached hydrogens (tertiary/aromatic N) is 1. The molecular formula is C41H69N13O16. The largest absolute Gasteiger partial charge is 0.481 e. The maximum Gasteiger partial charge on any atom is 0.328 e. The molecule has 0 aromatic rings. The van der Waals surface area contributed by atoms with Gasteiger partial charge in [0, 0.05) is 38.8 Å². The van der Waals surface area contributed by atoms with Crippen molar-refractivity contribution in [2.24, 2.45) is 28.9 Å². The van der Waals surface area contributed by atoms with Crippen molar-refractivity contribution in [1.29, 1.82) is 5.41 Å². The number of carboxylic acid groups (broad SMARTS) is 3. The predicted molar refractivity (Wildman–Crippen MR) is 243 cm³/mol. The maximum absolute atomic E-state index is 14.1. The van der Waals surface area contributed by atoms with Crippen molar-refractivity contribution in [2.75, 3.05) is 13.1 Å². The Kier molecular flexibility index (Phi) is 26.4. The van der Waals surface area contributed by atoms with Gasteiger partial charge in [-0.2, -0.15) is 0 Å². The second-order valence-corrected chi connectivity index (χ2v) is 17.2. The van der Waals surface area contributed by atoms with Gasteiger partial charge in [0.2, 0.25) is 53.2 Å². The van der Waals surface area contributed by atoms with Gasteiger partial charge >= 0.3 is 17.9 Å². The molecule has 9 amide bonds. The van der Waals surface area contributed by atoms with Crippen molar-refractivity contribution in [3.8, 4) is 0 Å². The molecule has 0 radical (unpaired) electrons. The van der Waals surface area contributed by atoms with Gasteiger partial charge in [-0.3, -0.25) is 58.1 Å². The van der Waals surface area contributed by atoms with E-state index in [1.165, 1.54) is 0 Å². The molecular weight excluding hydrogens is 931 g/mol. The number of aliphatic carboxylic acids is 3. The highest BCUT2D eigenvalue weighted by atomic mass is 16.4. The summed E-state index contributed by atoms with van der Waals surface area (Å²) < 4.78 is 0. The Labute approximate surface area is 402 Å². The van der Waals surface area contributed by atoms with E-state index < -0.39 is 176 Å². The lowest BCUT2D eigenvalue weighted by Gasteiger charge is -2.29. The van der Waals surface area contributed by atoms with Gasteiger partial charge in [-0.25, -0.2) is 4.79 Å². The predicted octanol–water partition coefficient (Wildman–Crippen LogP) is -5.75. The van der Waals surface area contributed by atoms with Crippen LogP contribution in [0.15, 0.2) is 0 Å². The van der Waals surface area contributed by atoms with Crippen LogP contribution in [0.1, 0.15) is 104 Å². The van der Waals surface area contributed by atoms with Crippen LogP contribution in [-0.2, 0) is 57.5 Å². The van der Waals surface area contributed by atoms with Crippen LogP contribution in [-0.4, -0.2) is 170 Å². The number of carbonyl (C=O) groups excluding carboxylic acids is 9. The van der Waals surface area contributed by atoms with E-state index in [1.54, 1.807) is 13.8 Å². The van der Waals surface area contributed by atoms with Crippen molar-refractivity contribution in [2.45, 2.75) is 159 Å². The Morgan fingerprint density at radius 3 is 1.49 bits per heavy atom. The van der Waals surface area contributed by atoms with Crippen molar-refractivity contribution in [3.05, 3.63) is 0 Å². The van der Waals surface area contributed by atoms with Crippen LogP contribution in [0.3, 0.4) is 0 Å². The van der Waals surface area contributed by atoms with E-state index in [-0.39, 0.29) is 51.1 Å². The molecule has 1 heterocycles. The van der Waals surface area contributed by atoms with Gasteiger partial charge < -0.3 is 85.5 Å². The van der Waals surface area contributed by atoms with Crippen molar-refractivity contribution >= 4 is 77.0 Å². The van der Waals surface area contributed by atoms with Crippen LogP contribution in [0.2, 0.25) is 0 Å². The number of carboxylic acids is 3. The summed E-state index contributed by atoms with van der Waals surface area (Å²) in [4.78, 5) is 155. The van der Waals surface area contributed by atoms with E-state index in [0.29, 0.717) is 6.42 Å². The van der Waals surface area contributed by atoms with E-state index in [4.69, 9.17) is 33.5 Å². The highest BCUT2D eigenvalue weighted by Crippen LogP contribution is 2.20. The lowest BCUT2D eigenvalue weighted by molar-refractivity contribution is -0.145. The third-order valence-corrected chi connectivity index (χ3v) is 10.7. The third kappa shape index (κ3) is 22.8. The van der Waals surface area contributed by atoms with Crippen LogP contribution in [0.25, 0.3) is 0 Å². The van der Waals surface area contributed by atoms with Crippen LogP contribution in [0.5, 0.6) is 0 Å². The number of hydrogen-bond donors (Lipinski definition) is 16. The Bertz CT molecular complexity index is 1920. The highest BCUT2D eigenvalue weighted by Gasteiger charge is 2.39. The summed E-state index contributed by atoms with van der Waals surface area (Å²) in [5, 5.41) is 62.0. The second-order valence-electron chi connectivity index (χ2n) is 17.2. The van der Waals surface area contributed by atoms with Gasteiger partial charge in [-0.15, -0.1) is 0 Å². The van der Waals surface area contributed by atoms with Crippen molar-refractivity contribution < 1.29 is 78.0 Å². The van der Waals surface area contributed by atoms with Crippen LogP contribution in [0, 0.1) is 11.3 Å². The number of nitrogens with one attached hydrogen (secondary N) is 8. The number of rotatable bonds is 33. The van der Waals surface area contributed by atoms with Crippen LogP contribution >= 0.6 is 0 Å². The Morgan fingerprint density at radius 2 is 1.04 bits per heavy atom. The molecule has 70 heavy (non-hydrogen) atoms. The normalized spacial score (nSPS) is 16.6. The molecule has 0 aromatic carbocycles. The molecule has 0 aromatic heterocycles. The number of nitrogens with two attached hydrogens (primary N) is 4. The first kappa shape index (κ1) is 60.8. The van der Waals surface area contributed by atoms with Gasteiger partial charge in [0.15, 0.2) is 12.0 Å². The average molecular weight is 1000 g/mol. The van der Waals surface area contributed by atoms with E-state index in [0.717, 1.165) is 11.8 Å². The molecule has 29 heteroatoms. The van der Waals surface area contributed by atoms with E-state index in [2.05, 4.69) is 31.9 Å². The fourth-order valence-corrected chi connectivity index (χ4v) is 7.07. The molecule has 1 rings (SSSR count). The molecule has 0 unspecified atom stereocenters. The minimum Gasteiger partial charge on any atom is -0.481 e. The molecule has 0 bridgehead atoms. The Morgan fingerprint density at radius 1 is 0.614 bits per heavy atom. The second kappa shape index (κ2) is 30.3. The number of aliphatic hydroxyl groups is 1. The summed E-state index contributed by atoms with van der Waals surface area (Å²) in [6, 6.07) is -12.2. The number of amides is 9. The minimum atomic E-state index is -1.85. The van der Waals surface area contributed by atoms with E-state index in [9.17, 15) is 72.9 Å². The van der Waals surface area contributed by atoms with E-state index in [1.807, 2.05) is 5.32 Å². The van der Waals surface area contributed by atoms with Gasteiger partial charge in [0.05, 0.1) is 12.1 Å². The fraction of sp³-hybridized carbons (Fsp3) is 0.683. The Balaban J connectivity index is 3.52. The first-order valence-corrected chi connectivity index (χ1v) is 22.5. The van der Waals surface area contributed by atoms with E-state index >= 15 is 0 Å². The summed E-state index contributed by atoms with van der Waals surface area (Å²) in [5.74, 6) is -13.7. The minimum absolute atomic E-state index is 0.00354. The summed E-state index contributed by atoms with van der Waals surface area (Å²) in [6.45, 7) is 4.53. The average Bonchev–Trinajstić information content (AvgIpc) is 3.76. The molecule has 1 aliphatic heterocycles. The quantitative estimate of drug-likeness (QED) is 0.0165. The molecule has 0 aliphatic carbocycles. The summed E-state index contributed by atoms with van der Waals surface area (Å²) in [7, 11) is 0. The standard InChI is InChI=1S/C41H69N13O16/c1-19(2)18-26(52-35(64)25(11-15-31(60)61)51-38(67)27-7-5-17-54(27)39(68)21(42)8-14-30(58)59)37(66)48-22(6-4-16-47-41(45)46)33(62)49-23(9-12-28(43)56)34(63)50-24(10-13-29(44)57)36(65)53-32(20(3)55)40(69)70/h19-27,32,55H,4-18,42H2,1-3H3,(H2,43,56)(H2,44,57)(H,48,66)(H,49,62)(H,50,63)(H,51,67)(H,52,64)(H,53,65)(H,58,59)(H,60,61)(H,69,70)(H4,45,46,47)/t20-,21+,22+,23+,24+,25+,26+,27+,32+/m1/s1. The van der Waals surface area contributed by atoms with Gasteiger partial charge in [0.25, 0.3) is 0 Å². The smallest absolute Gasteiger partial charge is 0.328 e. The monoisotopic (exact) mass is 999 g/mol. The molecule has 1 fully saturated rings.